The highest BCUT2D eigenvalue weighted by Gasteiger charge is 2.19. The Labute approximate surface area is 98.2 Å². The summed E-state index contributed by atoms with van der Waals surface area (Å²) in [5, 5.41) is 3.42. The molecule has 1 aliphatic rings. The van der Waals surface area contributed by atoms with E-state index in [-0.39, 0.29) is 0 Å². The van der Waals surface area contributed by atoms with Gasteiger partial charge in [-0.05, 0) is 47.6 Å². The molecule has 1 saturated carbocycles. The van der Waals surface area contributed by atoms with Gasteiger partial charge in [-0.25, -0.2) is 0 Å². The maximum atomic E-state index is 5.64. The number of ether oxygens (including phenoxy) is 1. The molecule has 0 unspecified atom stereocenters. The fraction of sp³-hybridized carbons (Fsp3) is 0.455. The van der Waals surface area contributed by atoms with Crippen LogP contribution in [0.2, 0.25) is 0 Å². The molecule has 0 heterocycles. The predicted octanol–water partition coefficient (Wildman–Crippen LogP) is 2.42. The summed E-state index contributed by atoms with van der Waals surface area (Å²) < 4.78 is 6.82. The minimum atomic E-state index is 0.760. The molecule has 14 heavy (non-hydrogen) atoms. The van der Waals surface area contributed by atoms with E-state index >= 15 is 0 Å². The summed E-state index contributed by atoms with van der Waals surface area (Å²) in [5.74, 6) is 0.991. The lowest BCUT2D eigenvalue weighted by molar-refractivity contribution is 0.311. The van der Waals surface area contributed by atoms with Gasteiger partial charge in [-0.3, -0.25) is 0 Å². The van der Waals surface area contributed by atoms with Gasteiger partial charge >= 0.3 is 0 Å². The number of benzene rings is 1. The topological polar surface area (TPSA) is 21.3 Å². The van der Waals surface area contributed by atoms with Gasteiger partial charge in [0.25, 0.3) is 0 Å². The van der Waals surface area contributed by atoms with E-state index in [9.17, 15) is 0 Å². The Hall–Kier alpha value is -0.290. The van der Waals surface area contributed by atoms with Gasteiger partial charge in [0, 0.05) is 12.6 Å². The van der Waals surface area contributed by atoms with Gasteiger partial charge < -0.3 is 10.1 Å². The zero-order chi connectivity index (χ0) is 9.80. The molecule has 2 rings (SSSR count). The molecule has 2 nitrogen and oxygen atoms in total. The van der Waals surface area contributed by atoms with Crippen molar-refractivity contribution in [3.05, 3.63) is 27.8 Å². The third-order valence-electron chi connectivity index (χ3n) is 2.21. The average Bonchev–Trinajstić information content (AvgIpc) is 2.99. The van der Waals surface area contributed by atoms with E-state index in [1.807, 2.05) is 18.2 Å². The van der Waals surface area contributed by atoms with Crippen LogP contribution in [-0.4, -0.2) is 19.2 Å². The van der Waals surface area contributed by atoms with E-state index in [0.717, 1.165) is 24.9 Å². The maximum Gasteiger partial charge on any atom is 0.132 e. The van der Waals surface area contributed by atoms with E-state index in [0.29, 0.717) is 0 Å². The first-order valence-electron chi connectivity index (χ1n) is 4.97. The van der Waals surface area contributed by atoms with Gasteiger partial charge in [0.2, 0.25) is 0 Å². The molecule has 1 N–H and O–H groups in total. The number of para-hydroxylation sites is 1. The Morgan fingerprint density at radius 3 is 2.86 bits per heavy atom. The average molecular weight is 303 g/mol. The molecular formula is C11H14INO. The van der Waals surface area contributed by atoms with Crippen molar-refractivity contribution in [2.75, 3.05) is 13.2 Å². The normalized spacial score (nSPS) is 15.5. The van der Waals surface area contributed by atoms with E-state index in [4.69, 9.17) is 4.74 Å². The van der Waals surface area contributed by atoms with Gasteiger partial charge in [-0.2, -0.15) is 0 Å². The molecule has 0 spiro atoms. The molecule has 1 aromatic rings. The highest BCUT2D eigenvalue weighted by Crippen LogP contribution is 2.20. The van der Waals surface area contributed by atoms with Gasteiger partial charge in [0.15, 0.2) is 0 Å². The standard InChI is InChI=1S/C11H14INO/c12-10-3-1-2-4-11(10)14-8-7-13-9-5-6-9/h1-4,9,13H,5-8H2. The molecule has 0 bridgehead atoms. The Morgan fingerprint density at radius 2 is 2.14 bits per heavy atom. The summed E-state index contributed by atoms with van der Waals surface area (Å²) in [5.41, 5.74) is 0. The lowest BCUT2D eigenvalue weighted by Crippen LogP contribution is -2.22. The van der Waals surface area contributed by atoms with Crippen LogP contribution >= 0.6 is 22.6 Å². The molecule has 0 amide bonds. The molecular weight excluding hydrogens is 289 g/mol. The highest BCUT2D eigenvalue weighted by atomic mass is 127. The first-order chi connectivity index (χ1) is 6.86. The van der Waals surface area contributed by atoms with Crippen molar-refractivity contribution in [1.82, 2.24) is 5.32 Å². The monoisotopic (exact) mass is 303 g/mol. The van der Waals surface area contributed by atoms with Crippen LogP contribution in [0.4, 0.5) is 0 Å². The number of halogens is 1. The largest absolute Gasteiger partial charge is 0.491 e. The van der Waals surface area contributed by atoms with Crippen LogP contribution in [-0.2, 0) is 0 Å². The summed E-state index contributed by atoms with van der Waals surface area (Å²) >= 11 is 2.29. The lowest BCUT2D eigenvalue weighted by Gasteiger charge is -2.08. The first kappa shape index (κ1) is 10.2. The highest BCUT2D eigenvalue weighted by molar-refractivity contribution is 14.1. The SMILES string of the molecule is Ic1ccccc1OCCNC1CC1. The third-order valence-corrected chi connectivity index (χ3v) is 3.10. The van der Waals surface area contributed by atoms with Crippen LogP contribution in [0.3, 0.4) is 0 Å². The Morgan fingerprint density at radius 1 is 1.36 bits per heavy atom. The molecule has 0 atom stereocenters. The van der Waals surface area contributed by atoms with Crippen molar-refractivity contribution < 1.29 is 4.74 Å². The van der Waals surface area contributed by atoms with Crippen LogP contribution in [0.5, 0.6) is 5.75 Å². The van der Waals surface area contributed by atoms with Crippen molar-refractivity contribution in [2.24, 2.45) is 0 Å². The number of hydrogen-bond donors (Lipinski definition) is 1. The van der Waals surface area contributed by atoms with Gasteiger partial charge in [0.1, 0.15) is 12.4 Å². The van der Waals surface area contributed by atoms with E-state index < -0.39 is 0 Å². The minimum Gasteiger partial charge on any atom is -0.491 e. The molecule has 0 radical (unpaired) electrons. The lowest BCUT2D eigenvalue weighted by atomic mass is 10.3. The Balaban J connectivity index is 1.71. The van der Waals surface area contributed by atoms with Crippen molar-refractivity contribution in [2.45, 2.75) is 18.9 Å². The van der Waals surface area contributed by atoms with Gasteiger partial charge in [-0.1, -0.05) is 12.1 Å². The quantitative estimate of drug-likeness (QED) is 0.666. The molecule has 0 aliphatic heterocycles. The minimum absolute atomic E-state index is 0.760. The second kappa shape index (κ2) is 4.98. The summed E-state index contributed by atoms with van der Waals surface area (Å²) in [4.78, 5) is 0. The van der Waals surface area contributed by atoms with Crippen LogP contribution in [0.15, 0.2) is 24.3 Å². The van der Waals surface area contributed by atoms with Crippen LogP contribution in [0.25, 0.3) is 0 Å². The molecule has 1 aliphatic carbocycles. The molecule has 1 aromatic carbocycles. The number of nitrogens with one attached hydrogen (secondary N) is 1. The Bertz CT molecular complexity index is 299. The van der Waals surface area contributed by atoms with Crippen LogP contribution in [0.1, 0.15) is 12.8 Å². The molecule has 3 heteroatoms. The fourth-order valence-corrected chi connectivity index (χ4v) is 1.82. The number of hydrogen-bond acceptors (Lipinski definition) is 2. The Kier molecular flexibility index (Phi) is 3.64. The maximum absolute atomic E-state index is 5.64. The van der Waals surface area contributed by atoms with E-state index in [1.165, 1.54) is 16.4 Å². The number of rotatable bonds is 5. The summed E-state index contributed by atoms with van der Waals surface area (Å²) in [7, 11) is 0. The molecule has 0 saturated heterocycles. The summed E-state index contributed by atoms with van der Waals surface area (Å²) in [6.45, 7) is 1.71. The van der Waals surface area contributed by atoms with E-state index in [2.05, 4.69) is 34.0 Å². The zero-order valence-corrected chi connectivity index (χ0v) is 10.2. The fourth-order valence-electron chi connectivity index (χ4n) is 1.27. The molecule has 76 valence electrons. The summed E-state index contributed by atoms with van der Waals surface area (Å²) in [6.07, 6.45) is 2.67. The van der Waals surface area contributed by atoms with E-state index in [1.54, 1.807) is 0 Å². The van der Waals surface area contributed by atoms with Gasteiger partial charge in [0.05, 0.1) is 3.57 Å². The van der Waals surface area contributed by atoms with Crippen molar-refractivity contribution >= 4 is 22.6 Å². The van der Waals surface area contributed by atoms with Crippen molar-refractivity contribution in [3.63, 3.8) is 0 Å². The van der Waals surface area contributed by atoms with Crippen molar-refractivity contribution in [1.29, 1.82) is 0 Å². The van der Waals surface area contributed by atoms with Crippen molar-refractivity contribution in [3.8, 4) is 5.75 Å². The van der Waals surface area contributed by atoms with Crippen LogP contribution < -0.4 is 10.1 Å². The molecule has 0 aromatic heterocycles. The van der Waals surface area contributed by atoms with Gasteiger partial charge in [-0.15, -0.1) is 0 Å². The second-order valence-electron chi connectivity index (χ2n) is 3.51. The summed E-state index contributed by atoms with van der Waals surface area (Å²) in [6, 6.07) is 8.87. The predicted molar refractivity (Wildman–Crippen MR) is 65.7 cm³/mol. The first-order valence-corrected chi connectivity index (χ1v) is 6.05. The van der Waals surface area contributed by atoms with Crippen LogP contribution in [0, 0.1) is 3.57 Å². The third kappa shape index (κ3) is 3.13. The second-order valence-corrected chi connectivity index (χ2v) is 4.67. The molecule has 1 fully saturated rings. The smallest absolute Gasteiger partial charge is 0.132 e. The zero-order valence-electron chi connectivity index (χ0n) is 8.00.